The van der Waals surface area contributed by atoms with Gasteiger partial charge in [-0.1, -0.05) is 32.9 Å². The van der Waals surface area contributed by atoms with Crippen molar-refractivity contribution in [3.63, 3.8) is 0 Å². The van der Waals surface area contributed by atoms with Crippen LogP contribution in [0.15, 0.2) is 24.3 Å². The van der Waals surface area contributed by atoms with Crippen LogP contribution < -0.4 is 4.74 Å². The van der Waals surface area contributed by atoms with Crippen LogP contribution in [0.5, 0.6) is 5.75 Å². The number of aliphatic hydroxyl groups is 1. The second kappa shape index (κ2) is 6.54. The number of hydrogen-bond acceptors (Lipinski definition) is 2. The molecule has 16 heavy (non-hydrogen) atoms. The molecule has 0 amide bonds. The van der Waals surface area contributed by atoms with Crippen LogP contribution in [0.4, 0.5) is 0 Å². The van der Waals surface area contributed by atoms with Gasteiger partial charge >= 0.3 is 0 Å². The third kappa shape index (κ3) is 3.86. The van der Waals surface area contributed by atoms with E-state index >= 15 is 0 Å². The van der Waals surface area contributed by atoms with Crippen LogP contribution >= 0.6 is 0 Å². The van der Waals surface area contributed by atoms with Gasteiger partial charge in [-0.05, 0) is 30.0 Å². The number of benzene rings is 1. The topological polar surface area (TPSA) is 29.5 Å². The van der Waals surface area contributed by atoms with Gasteiger partial charge in [-0.3, -0.25) is 0 Å². The normalized spacial score (nSPS) is 14.5. The van der Waals surface area contributed by atoms with Crippen molar-refractivity contribution in [2.24, 2.45) is 5.92 Å². The van der Waals surface area contributed by atoms with E-state index in [9.17, 15) is 0 Å². The van der Waals surface area contributed by atoms with Crippen molar-refractivity contribution in [3.05, 3.63) is 29.8 Å². The largest absolute Gasteiger partial charge is 0.493 e. The summed E-state index contributed by atoms with van der Waals surface area (Å²) in [5.74, 6) is 1.67. The van der Waals surface area contributed by atoms with Gasteiger partial charge in [0.05, 0.1) is 6.61 Å². The Bertz CT molecular complexity index is 292. The van der Waals surface area contributed by atoms with Gasteiger partial charge < -0.3 is 9.84 Å². The Morgan fingerprint density at radius 2 is 1.81 bits per heavy atom. The van der Waals surface area contributed by atoms with Gasteiger partial charge in [-0.2, -0.15) is 0 Å². The molecule has 1 N–H and O–H groups in total. The minimum absolute atomic E-state index is 0.172. The fraction of sp³-hybridized carbons (Fsp3) is 0.571. The zero-order valence-electron chi connectivity index (χ0n) is 10.4. The molecule has 2 atom stereocenters. The van der Waals surface area contributed by atoms with Crippen LogP contribution in [0.2, 0.25) is 0 Å². The predicted octanol–water partition coefficient (Wildman–Crippen LogP) is 3.21. The molecule has 2 nitrogen and oxygen atoms in total. The smallest absolute Gasteiger partial charge is 0.119 e. The highest BCUT2D eigenvalue weighted by Crippen LogP contribution is 2.21. The maximum absolute atomic E-state index is 8.88. The summed E-state index contributed by atoms with van der Waals surface area (Å²) < 4.78 is 5.57. The molecule has 0 saturated carbocycles. The lowest BCUT2D eigenvalue weighted by molar-refractivity contribution is 0.174. The first kappa shape index (κ1) is 13.0. The fourth-order valence-electron chi connectivity index (χ4n) is 1.42. The van der Waals surface area contributed by atoms with Gasteiger partial charge in [0, 0.05) is 12.5 Å². The third-order valence-corrected chi connectivity index (χ3v) is 2.91. The van der Waals surface area contributed by atoms with E-state index in [1.807, 2.05) is 19.1 Å². The number of aliphatic hydroxyl groups excluding tert-OH is 1. The molecule has 0 spiro atoms. The van der Waals surface area contributed by atoms with E-state index in [0.29, 0.717) is 12.5 Å². The molecule has 2 heteroatoms. The van der Waals surface area contributed by atoms with Crippen molar-refractivity contribution in [3.8, 4) is 5.75 Å². The quantitative estimate of drug-likeness (QED) is 0.801. The first-order valence-electron chi connectivity index (χ1n) is 6.01. The Morgan fingerprint density at radius 1 is 1.19 bits per heavy atom. The van der Waals surface area contributed by atoms with E-state index in [1.54, 1.807) is 0 Å². The highest BCUT2D eigenvalue weighted by Gasteiger charge is 2.04. The maximum Gasteiger partial charge on any atom is 0.119 e. The Labute approximate surface area is 98.3 Å². The summed E-state index contributed by atoms with van der Waals surface area (Å²) in [6, 6.07) is 8.25. The van der Waals surface area contributed by atoms with Crippen LogP contribution in [0, 0.1) is 5.92 Å². The molecule has 1 rings (SSSR count). The Balaban J connectivity index is 2.51. The summed E-state index contributed by atoms with van der Waals surface area (Å²) >= 11 is 0. The Hall–Kier alpha value is -1.02. The molecular formula is C14H22O2. The lowest BCUT2D eigenvalue weighted by Crippen LogP contribution is -2.12. The first-order chi connectivity index (χ1) is 7.67. The zero-order valence-corrected chi connectivity index (χ0v) is 10.4. The van der Waals surface area contributed by atoms with Crippen molar-refractivity contribution in [1.82, 2.24) is 0 Å². The first-order valence-corrected chi connectivity index (χ1v) is 6.01. The lowest BCUT2D eigenvalue weighted by Gasteiger charge is -2.12. The van der Waals surface area contributed by atoms with E-state index in [2.05, 4.69) is 26.0 Å². The molecular weight excluding hydrogens is 200 g/mol. The van der Waals surface area contributed by atoms with Crippen LogP contribution in [0.25, 0.3) is 0 Å². The standard InChI is InChI=1S/C14H22O2/c1-4-12(3)13-5-7-14(8-6-13)16-10-11(2)9-15/h5-8,11-12,15H,4,9-10H2,1-3H3. The molecule has 1 aromatic carbocycles. The van der Waals surface area contributed by atoms with Gasteiger partial charge in [-0.15, -0.1) is 0 Å². The lowest BCUT2D eigenvalue weighted by atomic mass is 9.99. The van der Waals surface area contributed by atoms with E-state index < -0.39 is 0 Å². The van der Waals surface area contributed by atoms with Crippen molar-refractivity contribution >= 4 is 0 Å². The van der Waals surface area contributed by atoms with Gasteiger partial charge in [-0.25, -0.2) is 0 Å². The molecule has 0 aromatic heterocycles. The minimum atomic E-state index is 0.172. The molecule has 0 radical (unpaired) electrons. The second-order valence-corrected chi connectivity index (χ2v) is 4.48. The second-order valence-electron chi connectivity index (χ2n) is 4.48. The molecule has 0 saturated heterocycles. The summed E-state index contributed by atoms with van der Waals surface area (Å²) in [6.45, 7) is 7.12. The molecule has 2 unspecified atom stereocenters. The van der Waals surface area contributed by atoms with E-state index in [-0.39, 0.29) is 12.5 Å². The van der Waals surface area contributed by atoms with E-state index in [1.165, 1.54) is 5.56 Å². The molecule has 0 heterocycles. The highest BCUT2D eigenvalue weighted by molar-refractivity contribution is 5.29. The van der Waals surface area contributed by atoms with Crippen LogP contribution in [-0.4, -0.2) is 18.3 Å². The Kier molecular flexibility index (Phi) is 5.33. The molecule has 0 aliphatic heterocycles. The van der Waals surface area contributed by atoms with Gasteiger partial charge in [0.2, 0.25) is 0 Å². The highest BCUT2D eigenvalue weighted by atomic mass is 16.5. The summed E-state index contributed by atoms with van der Waals surface area (Å²) in [5, 5.41) is 8.88. The van der Waals surface area contributed by atoms with Crippen LogP contribution in [-0.2, 0) is 0 Å². The third-order valence-electron chi connectivity index (χ3n) is 2.91. The average molecular weight is 222 g/mol. The van der Waals surface area contributed by atoms with Crippen molar-refractivity contribution in [1.29, 1.82) is 0 Å². The van der Waals surface area contributed by atoms with Crippen LogP contribution in [0.1, 0.15) is 38.7 Å². The van der Waals surface area contributed by atoms with Crippen LogP contribution in [0.3, 0.4) is 0 Å². The predicted molar refractivity (Wildman–Crippen MR) is 66.9 cm³/mol. The van der Waals surface area contributed by atoms with Crippen molar-refractivity contribution in [2.75, 3.05) is 13.2 Å². The molecule has 1 aromatic rings. The summed E-state index contributed by atoms with van der Waals surface area (Å²) in [7, 11) is 0. The molecule has 0 aliphatic carbocycles. The molecule has 0 fully saturated rings. The van der Waals surface area contributed by atoms with E-state index in [0.717, 1.165) is 12.2 Å². The molecule has 90 valence electrons. The minimum Gasteiger partial charge on any atom is -0.493 e. The average Bonchev–Trinajstić information content (AvgIpc) is 2.35. The van der Waals surface area contributed by atoms with Gasteiger partial charge in [0.1, 0.15) is 5.75 Å². The monoisotopic (exact) mass is 222 g/mol. The number of hydrogen-bond donors (Lipinski definition) is 1. The van der Waals surface area contributed by atoms with Gasteiger partial charge in [0.15, 0.2) is 0 Å². The molecule has 0 aliphatic rings. The van der Waals surface area contributed by atoms with Crippen molar-refractivity contribution in [2.45, 2.75) is 33.1 Å². The summed E-state index contributed by atoms with van der Waals surface area (Å²) in [5.41, 5.74) is 1.35. The maximum atomic E-state index is 8.88. The number of ether oxygens (including phenoxy) is 1. The van der Waals surface area contributed by atoms with Gasteiger partial charge in [0.25, 0.3) is 0 Å². The zero-order chi connectivity index (χ0) is 12.0. The Morgan fingerprint density at radius 3 is 2.31 bits per heavy atom. The SMILES string of the molecule is CCC(C)c1ccc(OCC(C)CO)cc1. The van der Waals surface area contributed by atoms with E-state index in [4.69, 9.17) is 9.84 Å². The summed E-state index contributed by atoms with van der Waals surface area (Å²) in [4.78, 5) is 0. The molecule has 0 bridgehead atoms. The fourth-order valence-corrected chi connectivity index (χ4v) is 1.42. The number of rotatable bonds is 6. The van der Waals surface area contributed by atoms with Crippen molar-refractivity contribution < 1.29 is 9.84 Å². The summed E-state index contributed by atoms with van der Waals surface area (Å²) in [6.07, 6.45) is 1.15.